The van der Waals surface area contributed by atoms with E-state index in [9.17, 15) is 18.0 Å². The lowest BCUT2D eigenvalue weighted by Gasteiger charge is -2.26. The lowest BCUT2D eigenvalue weighted by molar-refractivity contribution is -0.131. The fourth-order valence-electron chi connectivity index (χ4n) is 4.97. The minimum atomic E-state index is -4.19. The first-order valence-corrected chi connectivity index (χ1v) is 16.1. The fraction of sp³-hybridized carbons (Fsp3) is 0.0606. The Balaban J connectivity index is 1.31. The Kier molecular flexibility index (Phi) is 7.98. The first-order chi connectivity index (χ1) is 20.8. The van der Waals surface area contributed by atoms with Crippen molar-refractivity contribution in [2.45, 2.75) is 17.4 Å². The Morgan fingerprint density at radius 2 is 1.51 bits per heavy atom. The van der Waals surface area contributed by atoms with Crippen LogP contribution < -0.4 is 4.72 Å². The van der Waals surface area contributed by atoms with Crippen molar-refractivity contribution in [1.29, 1.82) is 0 Å². The van der Waals surface area contributed by atoms with Crippen LogP contribution in [0.4, 0.5) is 0 Å². The van der Waals surface area contributed by atoms with Gasteiger partial charge in [0.2, 0.25) is 0 Å². The number of rotatable bonds is 8. The highest BCUT2D eigenvalue weighted by molar-refractivity contribution is 8.26. The van der Waals surface area contributed by atoms with Gasteiger partial charge in [0.1, 0.15) is 10.4 Å². The Hall–Kier alpha value is -4.51. The predicted molar refractivity (Wildman–Crippen MR) is 174 cm³/mol. The van der Waals surface area contributed by atoms with E-state index in [1.807, 2.05) is 78.9 Å². The van der Waals surface area contributed by atoms with Crippen LogP contribution in [0.3, 0.4) is 0 Å². The number of thioether (sulfide) groups is 1. The van der Waals surface area contributed by atoms with Crippen LogP contribution in [0.25, 0.3) is 28.1 Å². The van der Waals surface area contributed by atoms with E-state index in [-0.39, 0.29) is 15.6 Å². The van der Waals surface area contributed by atoms with Crippen LogP contribution in [0, 0.1) is 0 Å². The van der Waals surface area contributed by atoms with E-state index >= 15 is 0 Å². The number of nitrogens with one attached hydrogen (secondary N) is 2. The molecule has 1 saturated heterocycles. The third kappa shape index (κ3) is 6.03. The number of hydrogen-bond acceptors (Lipinski definition) is 6. The number of carbonyl (C=O) groups excluding carboxylic acids is 2. The predicted octanol–water partition coefficient (Wildman–Crippen LogP) is 6.15. The van der Waals surface area contributed by atoms with E-state index in [2.05, 4.69) is 9.71 Å². The zero-order chi connectivity index (χ0) is 30.0. The van der Waals surface area contributed by atoms with E-state index < -0.39 is 27.9 Å². The van der Waals surface area contributed by atoms with Gasteiger partial charge in [-0.25, -0.2) is 13.1 Å². The number of nitrogens with zero attached hydrogens (tertiary/aromatic N) is 1. The van der Waals surface area contributed by atoms with Crippen LogP contribution in [0.1, 0.15) is 11.1 Å². The summed E-state index contributed by atoms with van der Waals surface area (Å²) < 4.78 is 28.5. The van der Waals surface area contributed by atoms with Gasteiger partial charge in [0.25, 0.3) is 21.8 Å². The van der Waals surface area contributed by atoms with E-state index in [0.29, 0.717) is 4.91 Å². The SMILES string of the molecule is O=C(NS(=O)(=O)c1ccccc1)[C@H](Cc1c[nH]c2ccccc12)N1C(=O)/C(=C/c2ccc(-c3ccccc3)cc2)SC1=S. The molecule has 2 N–H and O–H groups in total. The molecule has 6 rings (SSSR count). The maximum Gasteiger partial charge on any atom is 0.266 e. The maximum absolute atomic E-state index is 13.8. The molecule has 1 fully saturated rings. The summed E-state index contributed by atoms with van der Waals surface area (Å²) in [4.78, 5) is 32.2. The van der Waals surface area contributed by atoms with Crippen molar-refractivity contribution in [1.82, 2.24) is 14.6 Å². The molecule has 1 aliphatic rings. The number of thiocarbonyl (C=S) groups is 1. The van der Waals surface area contributed by atoms with Crippen LogP contribution in [-0.2, 0) is 26.0 Å². The van der Waals surface area contributed by atoms with Crippen molar-refractivity contribution in [2.24, 2.45) is 0 Å². The Labute approximate surface area is 258 Å². The molecular weight excluding hydrogens is 599 g/mol. The second-order valence-electron chi connectivity index (χ2n) is 9.90. The van der Waals surface area contributed by atoms with Crippen LogP contribution in [0.15, 0.2) is 125 Å². The second-order valence-corrected chi connectivity index (χ2v) is 13.3. The summed E-state index contributed by atoms with van der Waals surface area (Å²) in [5.74, 6) is -1.31. The lowest BCUT2D eigenvalue weighted by Crippen LogP contribution is -2.51. The summed E-state index contributed by atoms with van der Waals surface area (Å²) >= 11 is 6.69. The highest BCUT2D eigenvalue weighted by Crippen LogP contribution is 2.36. The molecule has 1 aliphatic heterocycles. The summed E-state index contributed by atoms with van der Waals surface area (Å²) in [5, 5.41) is 0.866. The summed E-state index contributed by atoms with van der Waals surface area (Å²) in [6.07, 6.45) is 3.54. The second kappa shape index (κ2) is 12.0. The van der Waals surface area contributed by atoms with Gasteiger partial charge in [-0.15, -0.1) is 0 Å². The molecule has 43 heavy (non-hydrogen) atoms. The van der Waals surface area contributed by atoms with Gasteiger partial charge in [0, 0.05) is 23.5 Å². The molecule has 0 bridgehead atoms. The molecule has 1 aromatic heterocycles. The van der Waals surface area contributed by atoms with E-state index in [0.717, 1.165) is 44.9 Å². The standard InChI is InChI=1S/C33H25N3O4S3/c37-31(35-43(39,40)26-11-5-2-6-12-26)29(20-25-21-34-28-14-8-7-13-27(25)28)36-32(38)30(42-33(36)41)19-22-15-17-24(18-16-22)23-9-3-1-4-10-23/h1-19,21,29,34H,20H2,(H,35,37)/b30-19-/t29-/m0/s1. The number of fused-ring (bicyclic) bond motifs is 1. The van der Waals surface area contributed by atoms with Crippen LogP contribution >= 0.6 is 24.0 Å². The Morgan fingerprint density at radius 3 is 2.23 bits per heavy atom. The largest absolute Gasteiger partial charge is 0.361 e. The number of sulfonamides is 1. The number of carbonyl (C=O) groups is 2. The van der Waals surface area contributed by atoms with Gasteiger partial charge in [-0.05, 0) is 46.5 Å². The molecule has 5 aromatic rings. The number of hydrogen-bond donors (Lipinski definition) is 2. The van der Waals surface area contributed by atoms with Crippen molar-refractivity contribution < 1.29 is 18.0 Å². The number of H-pyrrole nitrogens is 1. The zero-order valence-electron chi connectivity index (χ0n) is 22.6. The van der Waals surface area contributed by atoms with Crippen LogP contribution in [0.2, 0.25) is 0 Å². The number of para-hydroxylation sites is 1. The van der Waals surface area contributed by atoms with Gasteiger partial charge in [0.15, 0.2) is 0 Å². The van der Waals surface area contributed by atoms with E-state index in [1.54, 1.807) is 30.5 Å². The average Bonchev–Trinajstić information content (AvgIpc) is 3.56. The molecular formula is C33H25N3O4S3. The van der Waals surface area contributed by atoms with Crippen LogP contribution in [-0.4, -0.2) is 40.5 Å². The van der Waals surface area contributed by atoms with E-state index in [1.165, 1.54) is 17.0 Å². The van der Waals surface area contributed by atoms with Gasteiger partial charge in [-0.1, -0.05) is 115 Å². The quantitative estimate of drug-likeness (QED) is 0.159. The topological polar surface area (TPSA) is 99.3 Å². The summed E-state index contributed by atoms with van der Waals surface area (Å²) in [7, 11) is -4.19. The Morgan fingerprint density at radius 1 is 0.884 bits per heavy atom. The number of aromatic amines is 1. The van der Waals surface area contributed by atoms with Crippen molar-refractivity contribution in [3.63, 3.8) is 0 Å². The lowest BCUT2D eigenvalue weighted by atomic mass is 10.0. The highest BCUT2D eigenvalue weighted by Gasteiger charge is 2.41. The molecule has 10 heteroatoms. The molecule has 0 unspecified atom stereocenters. The molecule has 214 valence electrons. The fourth-order valence-corrected chi connectivity index (χ4v) is 7.36. The normalized spacial score (nSPS) is 15.3. The van der Waals surface area contributed by atoms with Gasteiger partial charge in [0.05, 0.1) is 9.80 Å². The van der Waals surface area contributed by atoms with E-state index in [4.69, 9.17) is 12.2 Å². The van der Waals surface area contributed by atoms with Crippen LogP contribution in [0.5, 0.6) is 0 Å². The molecule has 0 saturated carbocycles. The smallest absolute Gasteiger partial charge is 0.266 e. The van der Waals surface area contributed by atoms with Crippen molar-refractivity contribution in [2.75, 3.05) is 0 Å². The Bertz CT molecular complexity index is 1970. The third-order valence-corrected chi connectivity index (χ3v) is 9.82. The molecule has 2 amide bonds. The first kappa shape index (κ1) is 28.6. The summed E-state index contributed by atoms with van der Waals surface area (Å²) in [6, 6.07) is 31.7. The minimum absolute atomic E-state index is 0.0473. The van der Waals surface area contributed by atoms with Gasteiger partial charge in [-0.3, -0.25) is 14.5 Å². The molecule has 0 radical (unpaired) electrons. The maximum atomic E-state index is 13.8. The summed E-state index contributed by atoms with van der Waals surface area (Å²) in [6.45, 7) is 0. The van der Waals surface area contributed by atoms with Gasteiger partial charge in [-0.2, -0.15) is 0 Å². The highest BCUT2D eigenvalue weighted by atomic mass is 32.2. The zero-order valence-corrected chi connectivity index (χ0v) is 25.1. The summed E-state index contributed by atoms with van der Waals surface area (Å²) in [5.41, 5.74) is 4.53. The van der Waals surface area contributed by atoms with Crippen molar-refractivity contribution in [3.05, 3.63) is 131 Å². The molecule has 7 nitrogen and oxygen atoms in total. The minimum Gasteiger partial charge on any atom is -0.361 e. The van der Waals surface area contributed by atoms with Crippen molar-refractivity contribution in [3.8, 4) is 11.1 Å². The third-order valence-electron chi connectivity index (χ3n) is 7.13. The van der Waals surface area contributed by atoms with Crippen molar-refractivity contribution >= 4 is 67.1 Å². The molecule has 0 aliphatic carbocycles. The molecule has 0 spiro atoms. The van der Waals surface area contributed by atoms with Gasteiger partial charge >= 0.3 is 0 Å². The number of amides is 2. The number of benzene rings is 4. The van der Waals surface area contributed by atoms with Gasteiger partial charge < -0.3 is 4.98 Å². The first-order valence-electron chi connectivity index (χ1n) is 13.4. The average molecular weight is 624 g/mol. The molecule has 4 aromatic carbocycles. The number of aromatic nitrogens is 1. The molecule has 2 heterocycles. The molecule has 1 atom stereocenters. The monoisotopic (exact) mass is 623 g/mol.